The molecule has 4 rings (SSSR count). The van der Waals surface area contributed by atoms with Crippen LogP contribution in [-0.2, 0) is 11.2 Å². The van der Waals surface area contributed by atoms with Crippen molar-refractivity contribution < 1.29 is 9.59 Å². The minimum atomic E-state index is -0.580. The summed E-state index contributed by atoms with van der Waals surface area (Å²) < 4.78 is 0. The smallest absolute Gasteiger partial charge is 0.257 e. The highest BCUT2D eigenvalue weighted by molar-refractivity contribution is 7.16. The molecule has 2 amide bonds. The quantitative estimate of drug-likeness (QED) is 0.401. The number of aryl methyl sites for hydroxylation is 1. The average molecular weight is 453 g/mol. The zero-order valence-electron chi connectivity index (χ0n) is 16.7. The fraction of sp³-hybridized carbons (Fsp3) is 0.182. The fourth-order valence-electron chi connectivity index (χ4n) is 3.11. The van der Waals surface area contributed by atoms with Crippen molar-refractivity contribution in [3.8, 4) is 10.6 Å². The molecule has 0 bridgehead atoms. The molecule has 7 nitrogen and oxygen atoms in total. The lowest BCUT2D eigenvalue weighted by Gasteiger charge is -2.07. The van der Waals surface area contributed by atoms with Crippen LogP contribution >= 0.6 is 22.7 Å². The Morgan fingerprint density at radius 2 is 1.97 bits per heavy atom. The Balaban J connectivity index is 1.26. The van der Waals surface area contributed by atoms with E-state index >= 15 is 0 Å². The largest absolute Gasteiger partial charge is 0.360 e. The van der Waals surface area contributed by atoms with Gasteiger partial charge < -0.3 is 15.6 Å². The Labute approximate surface area is 186 Å². The van der Waals surface area contributed by atoms with E-state index in [4.69, 9.17) is 0 Å². The number of hydrogen-bond donors (Lipinski definition) is 3. The Hall–Kier alpha value is -3.30. The van der Waals surface area contributed by atoms with Gasteiger partial charge in [-0.25, -0.2) is 4.98 Å². The van der Waals surface area contributed by atoms with Crippen LogP contribution in [0.25, 0.3) is 21.5 Å². The number of aromatic nitrogens is 2. The second-order valence-electron chi connectivity index (χ2n) is 6.88. The molecule has 3 N–H and O–H groups in total. The second kappa shape index (κ2) is 9.23. The van der Waals surface area contributed by atoms with Gasteiger partial charge in [0, 0.05) is 33.9 Å². The molecular formula is C22H20N4O3S2. The van der Waals surface area contributed by atoms with E-state index in [-0.39, 0.29) is 23.4 Å². The number of benzene rings is 1. The molecule has 0 atom stereocenters. The molecule has 31 heavy (non-hydrogen) atoms. The van der Waals surface area contributed by atoms with Gasteiger partial charge in [-0.3, -0.25) is 14.4 Å². The number of thiophene rings is 1. The third-order valence-electron chi connectivity index (χ3n) is 4.67. The number of nitrogens with zero attached hydrogens (tertiary/aromatic N) is 1. The normalized spacial score (nSPS) is 10.9. The van der Waals surface area contributed by atoms with Crippen LogP contribution in [0.15, 0.2) is 52.8 Å². The summed E-state index contributed by atoms with van der Waals surface area (Å²) >= 11 is 3.27. The van der Waals surface area contributed by atoms with Gasteiger partial charge in [-0.05, 0) is 37.6 Å². The predicted octanol–water partition coefficient (Wildman–Crippen LogP) is 3.11. The third-order valence-corrected chi connectivity index (χ3v) is 6.61. The number of amides is 2. The van der Waals surface area contributed by atoms with Crippen molar-refractivity contribution in [2.75, 3.05) is 13.1 Å². The van der Waals surface area contributed by atoms with E-state index in [0.29, 0.717) is 23.9 Å². The Morgan fingerprint density at radius 1 is 1.13 bits per heavy atom. The zero-order valence-corrected chi connectivity index (χ0v) is 18.4. The maximum atomic E-state index is 12.5. The number of rotatable bonds is 7. The maximum absolute atomic E-state index is 12.5. The summed E-state index contributed by atoms with van der Waals surface area (Å²) in [6, 6.07) is 11.0. The molecule has 0 radical (unpaired) electrons. The average Bonchev–Trinajstić information content (AvgIpc) is 3.41. The van der Waals surface area contributed by atoms with Gasteiger partial charge in [0.1, 0.15) is 5.56 Å². The predicted molar refractivity (Wildman–Crippen MR) is 124 cm³/mol. The molecule has 9 heteroatoms. The van der Waals surface area contributed by atoms with Crippen molar-refractivity contribution in [1.29, 1.82) is 0 Å². The van der Waals surface area contributed by atoms with Crippen LogP contribution in [0, 0.1) is 6.92 Å². The van der Waals surface area contributed by atoms with Gasteiger partial charge in [0.15, 0.2) is 0 Å². The minimum Gasteiger partial charge on any atom is -0.360 e. The lowest BCUT2D eigenvalue weighted by molar-refractivity contribution is -0.120. The van der Waals surface area contributed by atoms with Gasteiger partial charge >= 0.3 is 0 Å². The summed E-state index contributed by atoms with van der Waals surface area (Å²) in [5, 5.41) is 8.80. The number of H-pyrrole nitrogens is 1. The van der Waals surface area contributed by atoms with E-state index < -0.39 is 5.91 Å². The number of aromatic amines is 1. The Kier molecular flexibility index (Phi) is 6.24. The van der Waals surface area contributed by atoms with Crippen LogP contribution in [0.4, 0.5) is 0 Å². The van der Waals surface area contributed by atoms with Crippen LogP contribution in [0.5, 0.6) is 0 Å². The molecule has 1 aromatic carbocycles. The summed E-state index contributed by atoms with van der Waals surface area (Å²) in [7, 11) is 0. The molecule has 3 aromatic heterocycles. The number of nitrogens with one attached hydrogen (secondary N) is 3. The van der Waals surface area contributed by atoms with Gasteiger partial charge in [0.2, 0.25) is 11.3 Å². The number of fused-ring (bicyclic) bond motifs is 1. The first-order valence-corrected chi connectivity index (χ1v) is 11.4. The maximum Gasteiger partial charge on any atom is 0.257 e. The molecule has 4 aromatic rings. The number of thiazole rings is 1. The van der Waals surface area contributed by atoms with Crippen molar-refractivity contribution in [3.63, 3.8) is 0 Å². The van der Waals surface area contributed by atoms with E-state index in [1.165, 1.54) is 6.20 Å². The Morgan fingerprint density at radius 3 is 2.77 bits per heavy atom. The van der Waals surface area contributed by atoms with Crippen LogP contribution < -0.4 is 16.1 Å². The molecule has 0 aliphatic heterocycles. The summed E-state index contributed by atoms with van der Waals surface area (Å²) in [6.07, 6.45) is 2.06. The first kappa shape index (κ1) is 21.0. The van der Waals surface area contributed by atoms with E-state index in [0.717, 1.165) is 20.5 Å². The van der Waals surface area contributed by atoms with Gasteiger partial charge in [-0.2, -0.15) is 0 Å². The van der Waals surface area contributed by atoms with Gasteiger partial charge in [0.25, 0.3) is 5.91 Å². The number of carbonyl (C=O) groups excluding carboxylic acids is 2. The van der Waals surface area contributed by atoms with E-state index in [1.54, 1.807) is 46.9 Å². The number of para-hydroxylation sites is 1. The number of hydrogen-bond acceptors (Lipinski definition) is 6. The lowest BCUT2D eigenvalue weighted by Crippen LogP contribution is -2.39. The van der Waals surface area contributed by atoms with Crippen molar-refractivity contribution in [1.82, 2.24) is 20.6 Å². The third kappa shape index (κ3) is 4.89. The van der Waals surface area contributed by atoms with Crippen molar-refractivity contribution >= 4 is 45.4 Å². The second-order valence-corrected chi connectivity index (χ2v) is 9.11. The van der Waals surface area contributed by atoms with Gasteiger partial charge in [0.05, 0.1) is 22.1 Å². The standard InChI is InChI=1S/C22H20N4O3S2/c1-13-26-18(12-30-13)19-7-6-14(31-19)8-9-23-20(27)11-25-22(29)16-10-24-17-5-3-2-4-15(17)21(16)28/h2-7,10,12H,8-9,11H2,1H3,(H,23,27)(H,24,28)(H,25,29). The van der Waals surface area contributed by atoms with Crippen molar-refractivity contribution in [3.05, 3.63) is 73.6 Å². The van der Waals surface area contributed by atoms with Crippen molar-refractivity contribution in [2.45, 2.75) is 13.3 Å². The Bertz CT molecular complexity index is 1310. The van der Waals surface area contributed by atoms with Gasteiger partial charge in [-0.1, -0.05) is 12.1 Å². The molecule has 3 heterocycles. The van der Waals surface area contributed by atoms with Gasteiger partial charge in [-0.15, -0.1) is 22.7 Å². The molecule has 158 valence electrons. The number of pyridine rings is 1. The SMILES string of the molecule is Cc1nc(-c2ccc(CCNC(=O)CNC(=O)c3c[nH]c4ccccc4c3=O)s2)cs1. The molecule has 0 aliphatic carbocycles. The first-order chi connectivity index (χ1) is 15.0. The topological polar surface area (TPSA) is 104 Å². The van der Waals surface area contributed by atoms with Crippen LogP contribution in [-0.4, -0.2) is 34.9 Å². The molecule has 0 fully saturated rings. The van der Waals surface area contributed by atoms with Crippen molar-refractivity contribution in [2.24, 2.45) is 0 Å². The number of carbonyl (C=O) groups is 2. The summed E-state index contributed by atoms with van der Waals surface area (Å²) in [6.45, 7) is 2.24. The van der Waals surface area contributed by atoms with Crippen LogP contribution in [0.1, 0.15) is 20.2 Å². The van der Waals surface area contributed by atoms with E-state index in [1.807, 2.05) is 24.4 Å². The summed E-state index contributed by atoms with van der Waals surface area (Å²) in [4.78, 5) is 46.6. The van der Waals surface area contributed by atoms with E-state index in [2.05, 4.69) is 20.6 Å². The lowest BCUT2D eigenvalue weighted by atomic mass is 10.1. The molecule has 0 saturated heterocycles. The highest BCUT2D eigenvalue weighted by Gasteiger charge is 2.14. The molecule has 0 spiro atoms. The van der Waals surface area contributed by atoms with Crippen LogP contribution in [0.3, 0.4) is 0 Å². The first-order valence-electron chi connectivity index (χ1n) is 9.68. The van der Waals surface area contributed by atoms with E-state index in [9.17, 15) is 14.4 Å². The molecule has 0 aliphatic rings. The molecular weight excluding hydrogens is 432 g/mol. The summed E-state index contributed by atoms with van der Waals surface area (Å²) in [5.41, 5.74) is 1.25. The highest BCUT2D eigenvalue weighted by Crippen LogP contribution is 2.29. The summed E-state index contributed by atoms with van der Waals surface area (Å²) in [5.74, 6) is -0.888. The minimum absolute atomic E-state index is 0.0186. The molecule has 0 saturated carbocycles. The zero-order chi connectivity index (χ0) is 21.8. The fourth-order valence-corrected chi connectivity index (χ4v) is 4.76. The highest BCUT2D eigenvalue weighted by atomic mass is 32.1. The van der Waals surface area contributed by atoms with Crippen LogP contribution in [0.2, 0.25) is 0 Å². The molecule has 0 unspecified atom stereocenters. The monoisotopic (exact) mass is 452 g/mol.